The van der Waals surface area contributed by atoms with Gasteiger partial charge in [0.2, 0.25) is 0 Å². The van der Waals surface area contributed by atoms with Gasteiger partial charge in [0, 0.05) is 23.5 Å². The van der Waals surface area contributed by atoms with E-state index in [2.05, 4.69) is 12.2 Å². The summed E-state index contributed by atoms with van der Waals surface area (Å²) in [5.41, 5.74) is 3.00. The second kappa shape index (κ2) is 8.36. The summed E-state index contributed by atoms with van der Waals surface area (Å²) < 4.78 is 11.0. The number of nitrogens with one attached hydrogen (secondary N) is 1. The van der Waals surface area contributed by atoms with Gasteiger partial charge in [0.1, 0.15) is 5.37 Å². The fourth-order valence-electron chi connectivity index (χ4n) is 3.06. The monoisotopic (exact) mass is 372 g/mol. The van der Waals surface area contributed by atoms with Crippen LogP contribution in [0.25, 0.3) is 0 Å². The zero-order chi connectivity index (χ0) is 18.5. The molecule has 1 atom stereocenters. The first-order valence-corrected chi connectivity index (χ1v) is 9.71. The molecule has 1 unspecified atom stereocenters. The average molecular weight is 372 g/mol. The lowest BCUT2D eigenvalue weighted by atomic mass is 10.1. The number of carbonyl (C=O) groups excluding carboxylic acids is 1. The second-order valence-corrected chi connectivity index (χ2v) is 7.17. The number of para-hydroxylation sites is 1. The molecule has 0 aromatic heterocycles. The summed E-state index contributed by atoms with van der Waals surface area (Å²) in [7, 11) is 3.24. The Morgan fingerprint density at radius 2 is 1.96 bits per heavy atom. The first-order valence-electron chi connectivity index (χ1n) is 8.67. The summed E-state index contributed by atoms with van der Waals surface area (Å²) in [5.74, 6) is 2.24. The third-order valence-corrected chi connectivity index (χ3v) is 5.71. The Hall–Kier alpha value is -2.34. The fourth-order valence-corrected chi connectivity index (χ4v) is 4.33. The minimum absolute atomic E-state index is 0.102. The van der Waals surface area contributed by atoms with Gasteiger partial charge in [0.05, 0.1) is 14.2 Å². The smallest absolute Gasteiger partial charge is 0.323 e. The van der Waals surface area contributed by atoms with Crippen LogP contribution >= 0.6 is 11.8 Å². The number of benzene rings is 2. The van der Waals surface area contributed by atoms with Crippen LogP contribution in [-0.4, -0.2) is 37.4 Å². The summed E-state index contributed by atoms with van der Waals surface area (Å²) >= 11 is 1.73. The highest BCUT2D eigenvalue weighted by molar-refractivity contribution is 7.99. The van der Waals surface area contributed by atoms with Crippen molar-refractivity contribution in [1.82, 2.24) is 4.90 Å². The largest absolute Gasteiger partial charge is 0.493 e. The number of hydrogen-bond donors (Lipinski definition) is 1. The van der Waals surface area contributed by atoms with E-state index in [1.165, 1.54) is 5.56 Å². The highest BCUT2D eigenvalue weighted by Crippen LogP contribution is 2.45. The number of nitrogens with zero attached hydrogens (tertiary/aromatic N) is 1. The van der Waals surface area contributed by atoms with Gasteiger partial charge >= 0.3 is 6.03 Å². The Labute approximate surface area is 158 Å². The molecular weight excluding hydrogens is 348 g/mol. The van der Waals surface area contributed by atoms with Crippen LogP contribution in [0.2, 0.25) is 0 Å². The van der Waals surface area contributed by atoms with E-state index in [4.69, 9.17) is 9.47 Å². The Bertz CT molecular complexity index is 764. The van der Waals surface area contributed by atoms with E-state index in [1.54, 1.807) is 26.0 Å². The lowest BCUT2D eigenvalue weighted by molar-refractivity contribution is 0.213. The summed E-state index contributed by atoms with van der Waals surface area (Å²) in [6, 6.07) is 13.6. The van der Waals surface area contributed by atoms with Gasteiger partial charge in [0.25, 0.3) is 0 Å². The van der Waals surface area contributed by atoms with Crippen molar-refractivity contribution in [2.75, 3.05) is 31.8 Å². The van der Waals surface area contributed by atoms with Crippen LogP contribution in [0.15, 0.2) is 42.5 Å². The molecule has 6 heteroatoms. The number of rotatable bonds is 5. The number of methoxy groups -OCH3 is 2. The summed E-state index contributed by atoms with van der Waals surface area (Å²) in [4.78, 5) is 14.7. The fraction of sp³-hybridized carbons (Fsp3) is 0.350. The number of urea groups is 1. The molecule has 0 bridgehead atoms. The van der Waals surface area contributed by atoms with Crippen molar-refractivity contribution in [2.24, 2.45) is 0 Å². The number of carbonyl (C=O) groups is 1. The van der Waals surface area contributed by atoms with Gasteiger partial charge in [-0.05, 0) is 30.2 Å². The highest BCUT2D eigenvalue weighted by atomic mass is 32.2. The van der Waals surface area contributed by atoms with E-state index in [0.29, 0.717) is 18.0 Å². The molecule has 0 radical (unpaired) electrons. The van der Waals surface area contributed by atoms with Crippen molar-refractivity contribution in [3.63, 3.8) is 0 Å². The van der Waals surface area contributed by atoms with E-state index >= 15 is 0 Å². The minimum atomic E-state index is -0.103. The molecule has 2 aromatic rings. The van der Waals surface area contributed by atoms with Crippen LogP contribution in [0.1, 0.15) is 23.4 Å². The van der Waals surface area contributed by atoms with Crippen LogP contribution in [0, 0.1) is 0 Å². The number of ether oxygens (including phenoxy) is 2. The molecule has 138 valence electrons. The number of hydrogen-bond acceptors (Lipinski definition) is 4. The highest BCUT2D eigenvalue weighted by Gasteiger charge is 2.33. The number of anilines is 1. The molecule has 5 nitrogen and oxygen atoms in total. The predicted octanol–water partition coefficient (Wildman–Crippen LogP) is 4.55. The first-order chi connectivity index (χ1) is 12.7. The maximum atomic E-state index is 12.8. The van der Waals surface area contributed by atoms with Crippen molar-refractivity contribution in [3.05, 3.63) is 53.6 Å². The Kier molecular flexibility index (Phi) is 5.93. The Balaban J connectivity index is 1.80. The third-order valence-electron chi connectivity index (χ3n) is 4.46. The zero-order valence-corrected chi connectivity index (χ0v) is 16.1. The molecule has 0 saturated carbocycles. The van der Waals surface area contributed by atoms with Crippen LogP contribution in [0.4, 0.5) is 10.5 Å². The van der Waals surface area contributed by atoms with Crippen molar-refractivity contribution < 1.29 is 14.3 Å². The number of amides is 2. The normalized spacial score (nSPS) is 16.4. The van der Waals surface area contributed by atoms with E-state index in [1.807, 2.05) is 47.4 Å². The number of thioether (sulfide) groups is 1. The molecule has 1 N–H and O–H groups in total. The van der Waals surface area contributed by atoms with Crippen molar-refractivity contribution in [1.29, 1.82) is 0 Å². The van der Waals surface area contributed by atoms with E-state index in [0.717, 1.165) is 23.4 Å². The summed E-state index contributed by atoms with van der Waals surface area (Å²) in [5, 5.41) is 2.90. The van der Waals surface area contributed by atoms with Crippen LogP contribution < -0.4 is 14.8 Å². The van der Waals surface area contributed by atoms with Gasteiger partial charge in [-0.2, -0.15) is 0 Å². The lowest BCUT2D eigenvalue weighted by Crippen LogP contribution is -2.34. The van der Waals surface area contributed by atoms with Crippen LogP contribution in [-0.2, 0) is 6.42 Å². The Morgan fingerprint density at radius 3 is 2.62 bits per heavy atom. The van der Waals surface area contributed by atoms with Gasteiger partial charge in [-0.1, -0.05) is 31.2 Å². The summed E-state index contributed by atoms with van der Waals surface area (Å²) in [6.07, 6.45) is 0.981. The molecule has 1 fully saturated rings. The predicted molar refractivity (Wildman–Crippen MR) is 106 cm³/mol. The molecule has 2 aromatic carbocycles. The van der Waals surface area contributed by atoms with E-state index < -0.39 is 0 Å². The molecule has 1 aliphatic heterocycles. The quantitative estimate of drug-likeness (QED) is 0.837. The molecule has 26 heavy (non-hydrogen) atoms. The minimum Gasteiger partial charge on any atom is -0.493 e. The zero-order valence-electron chi connectivity index (χ0n) is 15.3. The van der Waals surface area contributed by atoms with Gasteiger partial charge < -0.3 is 19.7 Å². The molecule has 1 aliphatic rings. The lowest BCUT2D eigenvalue weighted by Gasteiger charge is -2.26. The second-order valence-electron chi connectivity index (χ2n) is 5.98. The van der Waals surface area contributed by atoms with Crippen LogP contribution in [0.5, 0.6) is 11.5 Å². The van der Waals surface area contributed by atoms with Gasteiger partial charge in [-0.25, -0.2) is 4.79 Å². The van der Waals surface area contributed by atoms with Gasteiger partial charge in [-0.3, -0.25) is 0 Å². The van der Waals surface area contributed by atoms with Gasteiger partial charge in [0.15, 0.2) is 11.5 Å². The maximum absolute atomic E-state index is 12.8. The molecule has 0 aliphatic carbocycles. The molecule has 0 spiro atoms. The van der Waals surface area contributed by atoms with E-state index in [-0.39, 0.29) is 11.4 Å². The topological polar surface area (TPSA) is 50.8 Å². The number of aryl methyl sites for hydroxylation is 1. The molecule has 1 heterocycles. The van der Waals surface area contributed by atoms with Crippen molar-refractivity contribution in [2.45, 2.75) is 18.7 Å². The molecular formula is C20H24N2O3S. The van der Waals surface area contributed by atoms with E-state index in [9.17, 15) is 4.79 Å². The Morgan fingerprint density at radius 1 is 1.19 bits per heavy atom. The average Bonchev–Trinajstić information content (AvgIpc) is 3.17. The summed E-state index contributed by atoms with van der Waals surface area (Å²) in [6.45, 7) is 2.80. The van der Waals surface area contributed by atoms with Gasteiger partial charge in [-0.15, -0.1) is 11.8 Å². The third kappa shape index (κ3) is 3.75. The standard InChI is InChI=1S/C20H24N2O3S/c1-4-14-8-10-15(11-9-14)21-20(23)22-12-13-26-19(22)16-6-5-7-17(24-2)18(16)25-3/h5-11,19H,4,12-13H2,1-3H3,(H,21,23). The first kappa shape index (κ1) is 18.5. The van der Waals surface area contributed by atoms with Crippen LogP contribution in [0.3, 0.4) is 0 Å². The molecule has 3 rings (SSSR count). The molecule has 1 saturated heterocycles. The SMILES string of the molecule is CCc1ccc(NC(=O)N2CCSC2c2cccc(OC)c2OC)cc1. The van der Waals surface area contributed by atoms with Crippen molar-refractivity contribution in [3.8, 4) is 11.5 Å². The molecule has 2 amide bonds. The van der Waals surface area contributed by atoms with Crippen molar-refractivity contribution >= 4 is 23.5 Å². The maximum Gasteiger partial charge on any atom is 0.323 e.